The molecule has 0 aliphatic carbocycles. The maximum absolute atomic E-state index is 12.7. The van der Waals surface area contributed by atoms with Crippen LogP contribution in [0.2, 0.25) is 0 Å². The Balaban J connectivity index is 2.99. The van der Waals surface area contributed by atoms with Gasteiger partial charge in [-0.3, -0.25) is 4.72 Å². The van der Waals surface area contributed by atoms with Crippen molar-refractivity contribution in [3.63, 3.8) is 0 Å². The number of aliphatic hydroxyl groups excluding tert-OH is 1. The van der Waals surface area contributed by atoms with Crippen molar-refractivity contribution in [1.29, 1.82) is 0 Å². The molecule has 0 bridgehead atoms. The fraction of sp³-hybridized carbons (Fsp3) is 0.455. The molecular weight excluding hydrogens is 297 g/mol. The molecule has 0 saturated carbocycles. The van der Waals surface area contributed by atoms with Gasteiger partial charge in [-0.25, -0.2) is 0 Å². The third-order valence-electron chi connectivity index (χ3n) is 2.51. The zero-order chi connectivity index (χ0) is 15.4. The minimum atomic E-state index is -4.65. The van der Waals surface area contributed by atoms with Gasteiger partial charge < -0.3 is 5.11 Å². The summed E-state index contributed by atoms with van der Waals surface area (Å²) in [7, 11) is -2.88. The van der Waals surface area contributed by atoms with Crippen LogP contribution in [0.4, 0.5) is 18.9 Å². The summed E-state index contributed by atoms with van der Waals surface area (Å²) in [4.78, 5) is 0. The van der Waals surface area contributed by atoms with E-state index in [4.69, 9.17) is 5.11 Å². The molecule has 0 fully saturated rings. The van der Waals surface area contributed by atoms with Crippen LogP contribution in [0, 0.1) is 0 Å². The Morgan fingerprint density at radius 1 is 1.30 bits per heavy atom. The van der Waals surface area contributed by atoms with Gasteiger partial charge in [-0.2, -0.15) is 25.9 Å². The van der Waals surface area contributed by atoms with E-state index in [-0.39, 0.29) is 19.6 Å². The van der Waals surface area contributed by atoms with Gasteiger partial charge in [0.05, 0.1) is 11.3 Å². The number of para-hydroxylation sites is 1. The topological polar surface area (TPSA) is 69.6 Å². The maximum atomic E-state index is 12.7. The lowest BCUT2D eigenvalue weighted by Crippen LogP contribution is -2.34. The second-order valence-electron chi connectivity index (χ2n) is 4.05. The Kier molecular flexibility index (Phi) is 5.37. The van der Waals surface area contributed by atoms with Crippen LogP contribution in [0.1, 0.15) is 12.0 Å². The van der Waals surface area contributed by atoms with Gasteiger partial charge in [0, 0.05) is 20.2 Å². The van der Waals surface area contributed by atoms with Gasteiger partial charge in [-0.05, 0) is 18.6 Å². The first-order chi connectivity index (χ1) is 9.18. The number of hydrogen-bond donors (Lipinski definition) is 2. The average molecular weight is 312 g/mol. The second-order valence-corrected chi connectivity index (χ2v) is 5.83. The van der Waals surface area contributed by atoms with Gasteiger partial charge in [0.15, 0.2) is 0 Å². The lowest BCUT2D eigenvalue weighted by atomic mass is 10.2. The zero-order valence-corrected chi connectivity index (χ0v) is 11.5. The highest BCUT2D eigenvalue weighted by molar-refractivity contribution is 7.90. The predicted octanol–water partition coefficient (Wildman–Crippen LogP) is 1.68. The van der Waals surface area contributed by atoms with Gasteiger partial charge in [-0.15, -0.1) is 0 Å². The summed E-state index contributed by atoms with van der Waals surface area (Å²) >= 11 is 0. The molecule has 0 radical (unpaired) electrons. The van der Waals surface area contributed by atoms with Crippen LogP contribution < -0.4 is 4.72 Å². The maximum Gasteiger partial charge on any atom is 0.418 e. The van der Waals surface area contributed by atoms with E-state index in [1.54, 1.807) is 0 Å². The molecule has 20 heavy (non-hydrogen) atoms. The lowest BCUT2D eigenvalue weighted by Gasteiger charge is -2.20. The fourth-order valence-corrected chi connectivity index (χ4v) is 2.43. The van der Waals surface area contributed by atoms with E-state index in [1.807, 2.05) is 4.72 Å². The number of anilines is 1. The molecule has 0 atom stereocenters. The monoisotopic (exact) mass is 312 g/mol. The molecule has 0 saturated heterocycles. The predicted molar refractivity (Wildman–Crippen MR) is 68.3 cm³/mol. The summed E-state index contributed by atoms with van der Waals surface area (Å²) in [6.45, 7) is -0.209. The van der Waals surface area contributed by atoms with Crippen molar-refractivity contribution in [2.24, 2.45) is 0 Å². The van der Waals surface area contributed by atoms with E-state index >= 15 is 0 Å². The normalized spacial score (nSPS) is 12.7. The molecule has 1 aromatic carbocycles. The molecule has 0 heterocycles. The number of alkyl halides is 3. The Morgan fingerprint density at radius 2 is 1.90 bits per heavy atom. The van der Waals surface area contributed by atoms with Gasteiger partial charge >= 0.3 is 16.4 Å². The number of rotatable bonds is 6. The Labute approximate surface area is 115 Å². The minimum Gasteiger partial charge on any atom is -0.396 e. The second kappa shape index (κ2) is 6.42. The summed E-state index contributed by atoms with van der Waals surface area (Å²) < 4.78 is 64.7. The summed E-state index contributed by atoms with van der Waals surface area (Å²) in [5.41, 5.74) is -1.59. The summed E-state index contributed by atoms with van der Waals surface area (Å²) in [6.07, 6.45) is -4.46. The van der Waals surface area contributed by atoms with Crippen molar-refractivity contribution in [2.45, 2.75) is 12.6 Å². The number of halogens is 3. The van der Waals surface area contributed by atoms with Gasteiger partial charge in [-0.1, -0.05) is 12.1 Å². The van der Waals surface area contributed by atoms with E-state index < -0.39 is 27.6 Å². The Morgan fingerprint density at radius 3 is 2.45 bits per heavy atom. The molecule has 0 spiro atoms. The first-order valence-electron chi connectivity index (χ1n) is 5.69. The quantitative estimate of drug-likeness (QED) is 0.839. The molecule has 0 aliphatic heterocycles. The van der Waals surface area contributed by atoms with E-state index in [0.717, 1.165) is 16.4 Å². The minimum absolute atomic E-state index is 0.0000180. The van der Waals surface area contributed by atoms with Gasteiger partial charge in [0.2, 0.25) is 0 Å². The molecule has 2 N–H and O–H groups in total. The standard InChI is InChI=1S/C11H15F3N2O3S/c1-16(7-4-8-17)20(18,19)15-10-6-3-2-5-9(10)11(12,13)14/h2-3,5-6,15,17H,4,7-8H2,1H3. The highest BCUT2D eigenvalue weighted by Gasteiger charge is 2.34. The molecule has 114 valence electrons. The summed E-state index contributed by atoms with van der Waals surface area (Å²) in [6, 6.07) is 4.32. The molecule has 0 amide bonds. The molecule has 1 rings (SSSR count). The largest absolute Gasteiger partial charge is 0.418 e. The van der Waals surface area contributed by atoms with E-state index in [2.05, 4.69) is 0 Å². The highest BCUT2D eigenvalue weighted by Crippen LogP contribution is 2.35. The van der Waals surface area contributed by atoms with Crippen LogP contribution in [0.25, 0.3) is 0 Å². The van der Waals surface area contributed by atoms with E-state index in [0.29, 0.717) is 0 Å². The van der Waals surface area contributed by atoms with Crippen LogP contribution in [0.15, 0.2) is 24.3 Å². The average Bonchev–Trinajstić information content (AvgIpc) is 2.34. The van der Waals surface area contributed by atoms with E-state index in [1.165, 1.54) is 19.2 Å². The van der Waals surface area contributed by atoms with Crippen molar-refractivity contribution in [3.05, 3.63) is 29.8 Å². The van der Waals surface area contributed by atoms with Crippen molar-refractivity contribution in [2.75, 3.05) is 24.9 Å². The third kappa shape index (κ3) is 4.36. The number of nitrogens with one attached hydrogen (secondary N) is 1. The summed E-state index contributed by atoms with van der Waals surface area (Å²) in [5, 5.41) is 8.63. The van der Waals surface area contributed by atoms with Gasteiger partial charge in [0.25, 0.3) is 0 Å². The zero-order valence-electron chi connectivity index (χ0n) is 10.7. The van der Waals surface area contributed by atoms with Crippen molar-refractivity contribution in [1.82, 2.24) is 4.31 Å². The van der Waals surface area contributed by atoms with Crippen LogP contribution in [0.5, 0.6) is 0 Å². The third-order valence-corrected chi connectivity index (χ3v) is 3.99. The smallest absolute Gasteiger partial charge is 0.396 e. The van der Waals surface area contributed by atoms with Gasteiger partial charge in [0.1, 0.15) is 0 Å². The first kappa shape index (κ1) is 16.7. The number of aliphatic hydroxyl groups is 1. The Bertz CT molecular complexity index is 546. The molecule has 9 heteroatoms. The summed E-state index contributed by atoms with van der Waals surface area (Å²) in [5.74, 6) is 0. The first-order valence-corrected chi connectivity index (χ1v) is 7.13. The molecule has 1 aromatic rings. The van der Waals surface area contributed by atoms with Crippen molar-refractivity contribution < 1.29 is 26.7 Å². The fourth-order valence-electron chi connectivity index (χ4n) is 1.45. The SMILES string of the molecule is CN(CCCO)S(=O)(=O)Nc1ccccc1C(F)(F)F. The lowest BCUT2D eigenvalue weighted by molar-refractivity contribution is -0.136. The molecule has 0 aromatic heterocycles. The molecule has 5 nitrogen and oxygen atoms in total. The van der Waals surface area contributed by atoms with Crippen LogP contribution in [0.3, 0.4) is 0 Å². The number of hydrogen-bond acceptors (Lipinski definition) is 3. The molecule has 0 unspecified atom stereocenters. The molecular formula is C11H15F3N2O3S. The van der Waals surface area contributed by atoms with E-state index in [9.17, 15) is 21.6 Å². The number of benzene rings is 1. The highest BCUT2D eigenvalue weighted by atomic mass is 32.2. The van der Waals surface area contributed by atoms with Crippen molar-refractivity contribution >= 4 is 15.9 Å². The molecule has 0 aliphatic rings. The van der Waals surface area contributed by atoms with Crippen molar-refractivity contribution in [3.8, 4) is 0 Å². The Hall–Kier alpha value is -1.32. The van der Waals surface area contributed by atoms with Crippen LogP contribution in [-0.2, 0) is 16.4 Å². The number of nitrogens with zero attached hydrogens (tertiary/aromatic N) is 1. The van der Waals surface area contributed by atoms with Crippen LogP contribution >= 0.6 is 0 Å². The van der Waals surface area contributed by atoms with Crippen LogP contribution in [-0.4, -0.2) is 38.0 Å².